The van der Waals surface area contributed by atoms with Gasteiger partial charge in [-0.2, -0.15) is 4.98 Å². The van der Waals surface area contributed by atoms with Gasteiger partial charge in [-0.1, -0.05) is 0 Å². The van der Waals surface area contributed by atoms with Gasteiger partial charge in [-0.05, 0) is 13.8 Å². The third-order valence-electron chi connectivity index (χ3n) is 2.08. The summed E-state index contributed by atoms with van der Waals surface area (Å²) in [5.74, 6) is 1.15. The van der Waals surface area contributed by atoms with Crippen molar-refractivity contribution in [2.24, 2.45) is 0 Å². The molecule has 1 N–H and O–H groups in total. The van der Waals surface area contributed by atoms with E-state index in [1.807, 2.05) is 19.9 Å². The molecule has 0 aromatic carbocycles. The minimum atomic E-state index is 0.564. The molecule has 0 radical (unpaired) electrons. The Morgan fingerprint density at radius 1 is 1.22 bits per heavy atom. The summed E-state index contributed by atoms with van der Waals surface area (Å²) in [4.78, 5) is 8.50. The van der Waals surface area contributed by atoms with Crippen molar-refractivity contribution in [1.29, 1.82) is 0 Å². The van der Waals surface area contributed by atoms with Gasteiger partial charge in [-0.3, -0.25) is 0 Å². The molecule has 0 atom stereocenters. The van der Waals surface area contributed by atoms with E-state index in [9.17, 15) is 0 Å². The van der Waals surface area contributed by atoms with Crippen molar-refractivity contribution >= 4 is 5.95 Å². The van der Waals surface area contributed by atoms with Gasteiger partial charge in [0, 0.05) is 25.4 Å². The second-order valence-corrected chi connectivity index (χ2v) is 3.64. The number of ether oxygens (including phenoxy) is 3. The Labute approximate surface area is 108 Å². The molecule has 0 fully saturated rings. The second kappa shape index (κ2) is 8.66. The van der Waals surface area contributed by atoms with Crippen LogP contribution in [0.1, 0.15) is 12.6 Å². The van der Waals surface area contributed by atoms with Crippen molar-refractivity contribution in [3.63, 3.8) is 0 Å². The summed E-state index contributed by atoms with van der Waals surface area (Å²) in [6.45, 7) is 6.87. The zero-order valence-electron chi connectivity index (χ0n) is 11.2. The number of nitrogens with zero attached hydrogens (tertiary/aromatic N) is 2. The summed E-state index contributed by atoms with van der Waals surface area (Å²) >= 11 is 0. The van der Waals surface area contributed by atoms with Crippen LogP contribution >= 0.6 is 0 Å². The van der Waals surface area contributed by atoms with Gasteiger partial charge in [-0.15, -0.1) is 0 Å². The van der Waals surface area contributed by atoms with E-state index in [1.165, 1.54) is 0 Å². The van der Waals surface area contributed by atoms with Gasteiger partial charge in [0.25, 0.3) is 0 Å². The Balaban J connectivity index is 2.32. The maximum atomic E-state index is 5.35. The molecule has 18 heavy (non-hydrogen) atoms. The molecule has 0 saturated carbocycles. The van der Waals surface area contributed by atoms with Gasteiger partial charge >= 0.3 is 0 Å². The Kier molecular flexibility index (Phi) is 7.05. The number of methoxy groups -OCH3 is 1. The summed E-state index contributed by atoms with van der Waals surface area (Å²) in [7, 11) is 1.65. The summed E-state index contributed by atoms with van der Waals surface area (Å²) in [5, 5.41) is 3.09. The summed E-state index contributed by atoms with van der Waals surface area (Å²) in [5.41, 5.74) is 0.872. The molecule has 0 aliphatic rings. The lowest BCUT2D eigenvalue weighted by Crippen LogP contribution is -2.14. The Bertz CT molecular complexity index is 347. The molecule has 102 valence electrons. The van der Waals surface area contributed by atoms with Crippen LogP contribution in [0.15, 0.2) is 6.07 Å². The van der Waals surface area contributed by atoms with Crippen LogP contribution < -0.4 is 10.1 Å². The molecular formula is C12H21N3O3. The molecule has 6 nitrogen and oxygen atoms in total. The molecule has 1 aromatic rings. The van der Waals surface area contributed by atoms with Gasteiger partial charge in [0.15, 0.2) is 0 Å². The van der Waals surface area contributed by atoms with Crippen LogP contribution in [0.3, 0.4) is 0 Å². The van der Waals surface area contributed by atoms with Crippen molar-refractivity contribution in [2.45, 2.75) is 13.8 Å². The van der Waals surface area contributed by atoms with E-state index in [4.69, 9.17) is 14.2 Å². The number of aryl methyl sites for hydroxylation is 1. The fourth-order valence-corrected chi connectivity index (χ4v) is 1.32. The number of hydrogen-bond donors (Lipinski definition) is 1. The van der Waals surface area contributed by atoms with Crippen LogP contribution in [0, 0.1) is 6.92 Å². The van der Waals surface area contributed by atoms with E-state index in [1.54, 1.807) is 7.11 Å². The average Bonchev–Trinajstić information content (AvgIpc) is 2.33. The number of aromatic nitrogens is 2. The molecule has 6 heteroatoms. The predicted molar refractivity (Wildman–Crippen MR) is 69.1 cm³/mol. The number of nitrogens with one attached hydrogen (secondary N) is 1. The monoisotopic (exact) mass is 255 g/mol. The lowest BCUT2D eigenvalue weighted by atomic mass is 10.4. The first-order valence-electron chi connectivity index (χ1n) is 6.05. The first-order chi connectivity index (χ1) is 8.76. The molecule has 0 saturated heterocycles. The normalized spacial score (nSPS) is 10.4. The van der Waals surface area contributed by atoms with Gasteiger partial charge in [-0.25, -0.2) is 4.98 Å². The Hall–Kier alpha value is -1.40. The van der Waals surface area contributed by atoms with E-state index < -0.39 is 0 Å². The molecule has 0 spiro atoms. The van der Waals surface area contributed by atoms with Crippen molar-refractivity contribution < 1.29 is 14.2 Å². The zero-order valence-corrected chi connectivity index (χ0v) is 11.2. The minimum absolute atomic E-state index is 0.564. The van der Waals surface area contributed by atoms with Crippen LogP contribution in [-0.2, 0) is 9.47 Å². The molecule has 0 aliphatic heterocycles. The maximum absolute atomic E-state index is 5.35. The molecule has 1 rings (SSSR count). The fraction of sp³-hybridized carbons (Fsp3) is 0.667. The summed E-state index contributed by atoms with van der Waals surface area (Å²) in [6, 6.07) is 1.81. The van der Waals surface area contributed by atoms with E-state index in [-0.39, 0.29) is 0 Å². The molecule has 0 aliphatic carbocycles. The molecule has 1 heterocycles. The highest BCUT2D eigenvalue weighted by atomic mass is 16.5. The van der Waals surface area contributed by atoms with E-state index in [0.717, 1.165) is 5.69 Å². The third-order valence-corrected chi connectivity index (χ3v) is 2.08. The minimum Gasteiger partial charge on any atom is -0.478 e. The van der Waals surface area contributed by atoms with Gasteiger partial charge in [0.1, 0.15) is 0 Å². The molecule has 0 unspecified atom stereocenters. The van der Waals surface area contributed by atoms with Crippen LogP contribution in [0.25, 0.3) is 0 Å². The lowest BCUT2D eigenvalue weighted by molar-refractivity contribution is 0.0758. The number of hydrogen-bond acceptors (Lipinski definition) is 6. The highest BCUT2D eigenvalue weighted by molar-refractivity contribution is 5.30. The van der Waals surface area contributed by atoms with Crippen molar-refractivity contribution in [2.75, 3.05) is 45.4 Å². The quantitative estimate of drug-likeness (QED) is 0.670. The van der Waals surface area contributed by atoms with Crippen molar-refractivity contribution in [1.82, 2.24) is 9.97 Å². The zero-order chi connectivity index (χ0) is 13.2. The first kappa shape index (κ1) is 14.7. The van der Waals surface area contributed by atoms with Gasteiger partial charge in [0.2, 0.25) is 11.8 Å². The highest BCUT2D eigenvalue weighted by Gasteiger charge is 2.02. The molecule has 0 bridgehead atoms. The largest absolute Gasteiger partial charge is 0.478 e. The van der Waals surface area contributed by atoms with E-state index in [0.29, 0.717) is 44.8 Å². The van der Waals surface area contributed by atoms with Crippen LogP contribution in [-0.4, -0.2) is 50.1 Å². The third kappa shape index (κ3) is 5.79. The van der Waals surface area contributed by atoms with Crippen LogP contribution in [0.5, 0.6) is 5.88 Å². The number of anilines is 1. The van der Waals surface area contributed by atoms with Crippen molar-refractivity contribution in [3.8, 4) is 5.88 Å². The number of rotatable bonds is 9. The SMILES string of the molecule is CCOc1cc(C)nc(NCCOCCOC)n1. The van der Waals surface area contributed by atoms with E-state index >= 15 is 0 Å². The predicted octanol–water partition coefficient (Wildman–Crippen LogP) is 1.26. The van der Waals surface area contributed by atoms with Gasteiger partial charge in [0.05, 0.1) is 26.4 Å². The topological polar surface area (TPSA) is 65.5 Å². The highest BCUT2D eigenvalue weighted by Crippen LogP contribution is 2.11. The second-order valence-electron chi connectivity index (χ2n) is 3.64. The smallest absolute Gasteiger partial charge is 0.226 e. The fourth-order valence-electron chi connectivity index (χ4n) is 1.32. The summed E-state index contributed by atoms with van der Waals surface area (Å²) < 4.78 is 15.6. The molecule has 1 aromatic heterocycles. The molecule has 0 amide bonds. The van der Waals surface area contributed by atoms with E-state index in [2.05, 4.69) is 15.3 Å². The Morgan fingerprint density at radius 3 is 2.78 bits per heavy atom. The maximum Gasteiger partial charge on any atom is 0.226 e. The van der Waals surface area contributed by atoms with Crippen molar-refractivity contribution in [3.05, 3.63) is 11.8 Å². The Morgan fingerprint density at radius 2 is 2.06 bits per heavy atom. The van der Waals surface area contributed by atoms with Crippen LogP contribution in [0.4, 0.5) is 5.95 Å². The van der Waals surface area contributed by atoms with Gasteiger partial charge < -0.3 is 19.5 Å². The standard InChI is InChI=1S/C12H21N3O3/c1-4-18-11-9-10(2)14-12(15-11)13-5-6-17-8-7-16-3/h9H,4-8H2,1-3H3,(H,13,14,15). The molecular weight excluding hydrogens is 234 g/mol. The first-order valence-corrected chi connectivity index (χ1v) is 6.05. The summed E-state index contributed by atoms with van der Waals surface area (Å²) in [6.07, 6.45) is 0. The van der Waals surface area contributed by atoms with Crippen LogP contribution in [0.2, 0.25) is 0 Å². The average molecular weight is 255 g/mol. The lowest BCUT2D eigenvalue weighted by Gasteiger charge is -2.08.